The molecule has 0 saturated heterocycles. The highest BCUT2D eigenvalue weighted by Crippen LogP contribution is 2.44. The van der Waals surface area contributed by atoms with Gasteiger partial charge in [-0.05, 0) is 69.5 Å². The van der Waals surface area contributed by atoms with E-state index in [0.717, 1.165) is 29.1 Å². The molecule has 4 rings (SSSR count). The molecule has 0 spiro atoms. The molecule has 0 saturated carbocycles. The van der Waals surface area contributed by atoms with Crippen LogP contribution in [0.1, 0.15) is 54.7 Å². The molecule has 2 unspecified atom stereocenters. The Hall–Kier alpha value is -2.82. The van der Waals surface area contributed by atoms with Gasteiger partial charge in [-0.1, -0.05) is 54.1 Å². The van der Waals surface area contributed by atoms with Crippen molar-refractivity contribution >= 4 is 5.69 Å². The zero-order valence-electron chi connectivity index (χ0n) is 20.4. The molecule has 2 atom stereocenters. The van der Waals surface area contributed by atoms with E-state index in [4.69, 9.17) is 14.2 Å². The zero-order chi connectivity index (χ0) is 23.4. The van der Waals surface area contributed by atoms with Crippen molar-refractivity contribution in [1.29, 1.82) is 0 Å². The molecule has 0 amide bonds. The van der Waals surface area contributed by atoms with Crippen LogP contribution in [0.4, 0.5) is 5.69 Å². The van der Waals surface area contributed by atoms with Crippen molar-refractivity contribution in [2.24, 2.45) is 0 Å². The second-order valence-corrected chi connectivity index (χ2v) is 9.33. The summed E-state index contributed by atoms with van der Waals surface area (Å²) in [5.74, 6) is 0.857. The maximum atomic E-state index is 6.46. The number of benzene rings is 3. The quantitative estimate of drug-likeness (QED) is 0.416. The Balaban J connectivity index is 1.56. The van der Waals surface area contributed by atoms with E-state index in [1.54, 1.807) is 0 Å². The molecule has 0 aliphatic carbocycles. The smallest absolute Gasteiger partial charge is 0.132 e. The Morgan fingerprint density at radius 1 is 0.939 bits per heavy atom. The molecule has 4 heteroatoms. The number of fused-ring (bicyclic) bond motifs is 1. The molecule has 33 heavy (non-hydrogen) atoms. The van der Waals surface area contributed by atoms with Gasteiger partial charge in [0.2, 0.25) is 0 Å². The van der Waals surface area contributed by atoms with Crippen LogP contribution in [0.3, 0.4) is 0 Å². The fraction of sp³-hybridized carbons (Fsp3) is 0.379. The van der Waals surface area contributed by atoms with E-state index in [-0.39, 0.29) is 12.2 Å². The Morgan fingerprint density at radius 3 is 2.42 bits per heavy atom. The maximum absolute atomic E-state index is 6.46. The van der Waals surface area contributed by atoms with Crippen LogP contribution in [0.2, 0.25) is 0 Å². The minimum absolute atomic E-state index is 0.209. The summed E-state index contributed by atoms with van der Waals surface area (Å²) in [6, 6.07) is 23.2. The predicted molar refractivity (Wildman–Crippen MR) is 134 cm³/mol. The first-order valence-corrected chi connectivity index (χ1v) is 11.8. The van der Waals surface area contributed by atoms with E-state index in [2.05, 4.69) is 93.7 Å². The van der Waals surface area contributed by atoms with E-state index in [9.17, 15) is 0 Å². The summed E-state index contributed by atoms with van der Waals surface area (Å²) in [5, 5.41) is 3.56. The number of hydrogen-bond donors (Lipinski definition) is 1. The number of hydrogen-bond acceptors (Lipinski definition) is 4. The average Bonchev–Trinajstić information content (AvgIpc) is 2.79. The molecule has 1 aliphatic rings. The fourth-order valence-electron chi connectivity index (χ4n) is 4.36. The predicted octanol–water partition coefficient (Wildman–Crippen LogP) is 6.75. The first kappa shape index (κ1) is 23.3. The van der Waals surface area contributed by atoms with E-state index in [1.165, 1.54) is 16.7 Å². The highest BCUT2D eigenvalue weighted by molar-refractivity contribution is 5.54. The van der Waals surface area contributed by atoms with Crippen molar-refractivity contribution in [2.75, 3.05) is 11.9 Å². The van der Waals surface area contributed by atoms with Crippen LogP contribution in [-0.2, 0) is 22.6 Å². The van der Waals surface area contributed by atoms with Gasteiger partial charge in [-0.25, -0.2) is 0 Å². The van der Waals surface area contributed by atoms with Crippen LogP contribution in [0, 0.1) is 13.8 Å². The summed E-state index contributed by atoms with van der Waals surface area (Å²) in [5.41, 5.74) is 6.51. The molecule has 0 fully saturated rings. The molecule has 1 N–H and O–H groups in total. The highest BCUT2D eigenvalue weighted by atomic mass is 16.6. The lowest BCUT2D eigenvalue weighted by molar-refractivity contribution is -0.165. The maximum Gasteiger partial charge on any atom is 0.132 e. The van der Waals surface area contributed by atoms with E-state index < -0.39 is 5.60 Å². The first-order chi connectivity index (χ1) is 15.9. The molecule has 1 aliphatic heterocycles. The number of aryl methyl sites for hydroxylation is 2. The lowest BCUT2D eigenvalue weighted by Crippen LogP contribution is -2.51. The van der Waals surface area contributed by atoms with E-state index in [1.807, 2.05) is 13.0 Å². The summed E-state index contributed by atoms with van der Waals surface area (Å²) in [6.07, 6.45) is -0.447. The number of nitrogens with one attached hydrogen (secondary N) is 1. The molecule has 4 nitrogen and oxygen atoms in total. The van der Waals surface area contributed by atoms with Gasteiger partial charge in [0.25, 0.3) is 0 Å². The minimum Gasteiger partial charge on any atom is -0.485 e. The SMILES string of the molecule is CCOC1c2cc(NCc3ccccc3C)ccc2OC(C)(C)C1OCc1ccc(C)cc1. The van der Waals surface area contributed by atoms with Crippen molar-refractivity contribution in [3.05, 3.63) is 94.5 Å². The number of anilines is 1. The molecular weight excluding hydrogens is 410 g/mol. The van der Waals surface area contributed by atoms with Crippen molar-refractivity contribution in [2.45, 2.75) is 65.6 Å². The van der Waals surface area contributed by atoms with E-state index in [0.29, 0.717) is 13.2 Å². The normalized spacial score (nSPS) is 18.9. The number of ether oxygens (including phenoxy) is 3. The highest BCUT2D eigenvalue weighted by Gasteiger charge is 2.45. The summed E-state index contributed by atoms with van der Waals surface area (Å²) < 4.78 is 19.1. The van der Waals surface area contributed by atoms with Crippen LogP contribution in [0.15, 0.2) is 66.7 Å². The Bertz CT molecular complexity index is 1070. The molecule has 3 aromatic rings. The molecular formula is C29H35NO3. The van der Waals surface area contributed by atoms with Crippen molar-refractivity contribution in [1.82, 2.24) is 0 Å². The van der Waals surface area contributed by atoms with Gasteiger partial charge in [0, 0.05) is 24.4 Å². The third kappa shape index (κ3) is 5.40. The van der Waals surface area contributed by atoms with Crippen LogP contribution < -0.4 is 10.1 Å². The monoisotopic (exact) mass is 445 g/mol. The summed E-state index contributed by atoms with van der Waals surface area (Å²) >= 11 is 0. The third-order valence-corrected chi connectivity index (χ3v) is 6.29. The van der Waals surface area contributed by atoms with Gasteiger partial charge in [-0.2, -0.15) is 0 Å². The van der Waals surface area contributed by atoms with Crippen molar-refractivity contribution in [3.63, 3.8) is 0 Å². The zero-order valence-corrected chi connectivity index (χ0v) is 20.4. The lowest BCUT2D eigenvalue weighted by Gasteiger charge is -2.44. The summed E-state index contributed by atoms with van der Waals surface area (Å²) in [4.78, 5) is 0. The summed E-state index contributed by atoms with van der Waals surface area (Å²) in [6.45, 7) is 12.3. The van der Waals surface area contributed by atoms with Crippen LogP contribution in [-0.4, -0.2) is 18.3 Å². The van der Waals surface area contributed by atoms with Crippen molar-refractivity contribution < 1.29 is 14.2 Å². The Kier molecular flexibility index (Phi) is 7.06. The van der Waals surface area contributed by atoms with Gasteiger partial charge in [-0.15, -0.1) is 0 Å². The average molecular weight is 446 g/mol. The first-order valence-electron chi connectivity index (χ1n) is 11.8. The molecule has 3 aromatic carbocycles. The van der Waals surface area contributed by atoms with Gasteiger partial charge >= 0.3 is 0 Å². The van der Waals surface area contributed by atoms with Crippen molar-refractivity contribution in [3.8, 4) is 5.75 Å². The van der Waals surface area contributed by atoms with Gasteiger partial charge in [-0.3, -0.25) is 0 Å². The molecule has 174 valence electrons. The molecule has 1 heterocycles. The van der Waals surface area contributed by atoms with E-state index >= 15 is 0 Å². The van der Waals surface area contributed by atoms with Gasteiger partial charge in [0.05, 0.1) is 6.61 Å². The topological polar surface area (TPSA) is 39.7 Å². The van der Waals surface area contributed by atoms with Gasteiger partial charge in [0.1, 0.15) is 23.6 Å². The van der Waals surface area contributed by atoms with Crippen LogP contribution in [0.25, 0.3) is 0 Å². The summed E-state index contributed by atoms with van der Waals surface area (Å²) in [7, 11) is 0. The Labute approximate surface area is 197 Å². The third-order valence-electron chi connectivity index (χ3n) is 6.29. The van der Waals surface area contributed by atoms with Crippen LogP contribution >= 0.6 is 0 Å². The second kappa shape index (κ2) is 9.98. The standard InChI is InChI=1S/C29H35NO3/c1-6-31-27-25-17-24(30-18-23-10-8-7-9-21(23)3)15-16-26(25)33-29(4,5)28(27)32-19-22-13-11-20(2)12-14-22/h7-17,27-28,30H,6,18-19H2,1-5H3. The second-order valence-electron chi connectivity index (χ2n) is 9.33. The van der Waals surface area contributed by atoms with Crippen LogP contribution in [0.5, 0.6) is 5.75 Å². The van der Waals surface area contributed by atoms with Gasteiger partial charge in [0.15, 0.2) is 0 Å². The fourth-order valence-corrected chi connectivity index (χ4v) is 4.36. The molecule has 0 aromatic heterocycles. The van der Waals surface area contributed by atoms with Gasteiger partial charge < -0.3 is 19.5 Å². The molecule has 0 radical (unpaired) electrons. The Morgan fingerprint density at radius 2 is 1.70 bits per heavy atom. The minimum atomic E-state index is -0.520. The number of rotatable bonds is 8. The lowest BCUT2D eigenvalue weighted by atomic mass is 9.87. The molecule has 0 bridgehead atoms. The largest absolute Gasteiger partial charge is 0.485 e.